The minimum Gasteiger partial charge on any atom is -0.403 e. The zero-order chi connectivity index (χ0) is 31.5. The molecule has 9 nitrogen and oxygen atoms in total. The molecule has 6 rings (SSSR count). The fourth-order valence-corrected chi connectivity index (χ4v) is 5.99. The molecular weight excluding hydrogens is 586 g/mol. The average molecular weight is 618 g/mol. The summed E-state index contributed by atoms with van der Waals surface area (Å²) in [4.78, 5) is 44.9. The first-order valence-electron chi connectivity index (χ1n) is 14.7. The van der Waals surface area contributed by atoms with Gasteiger partial charge < -0.3 is 11.1 Å². The molecule has 1 aliphatic rings. The van der Waals surface area contributed by atoms with Crippen molar-refractivity contribution in [2.45, 2.75) is 32.2 Å². The van der Waals surface area contributed by atoms with Gasteiger partial charge >= 0.3 is 0 Å². The number of rotatable bonds is 3. The molecule has 3 aromatic heterocycles. The largest absolute Gasteiger partial charge is 0.403 e. The first kappa shape index (κ1) is 29.9. The van der Waals surface area contributed by atoms with E-state index in [1.807, 2.05) is 55.6 Å². The normalized spacial score (nSPS) is 19.2. The molecule has 45 heavy (non-hydrogen) atoms. The Morgan fingerprint density at radius 2 is 1.82 bits per heavy atom. The highest BCUT2D eigenvalue weighted by Crippen LogP contribution is 2.35. The zero-order valence-electron chi connectivity index (χ0n) is 24.9. The molecular formula is C35H32ClN7O2. The molecule has 0 saturated carbocycles. The predicted octanol–water partition coefficient (Wildman–Crippen LogP) is 5.92. The van der Waals surface area contributed by atoms with Crippen LogP contribution in [0.4, 0.5) is 0 Å². The van der Waals surface area contributed by atoms with Crippen LogP contribution in [0, 0.1) is 5.92 Å². The third kappa shape index (κ3) is 6.12. The first-order valence-corrected chi connectivity index (χ1v) is 15.1. The molecule has 4 heterocycles. The van der Waals surface area contributed by atoms with Crippen LogP contribution in [0.25, 0.3) is 33.2 Å². The van der Waals surface area contributed by atoms with E-state index in [2.05, 4.69) is 26.3 Å². The number of amides is 1. The Bertz CT molecular complexity index is 2030. The van der Waals surface area contributed by atoms with Gasteiger partial charge in [-0.15, -0.1) is 0 Å². The van der Waals surface area contributed by atoms with E-state index < -0.39 is 6.04 Å². The van der Waals surface area contributed by atoms with Gasteiger partial charge in [0.2, 0.25) is 5.91 Å². The lowest BCUT2D eigenvalue weighted by molar-refractivity contribution is -0.123. The highest BCUT2D eigenvalue weighted by molar-refractivity contribution is 6.31. The summed E-state index contributed by atoms with van der Waals surface area (Å²) >= 11 is 6.45. The van der Waals surface area contributed by atoms with Crippen LogP contribution < -0.4 is 16.6 Å². The van der Waals surface area contributed by atoms with Crippen LogP contribution in [0.1, 0.15) is 43.5 Å². The number of halogens is 1. The van der Waals surface area contributed by atoms with Crippen LogP contribution in [-0.4, -0.2) is 38.2 Å². The minimum absolute atomic E-state index is 0.137. The minimum atomic E-state index is -0.413. The monoisotopic (exact) mass is 617 g/mol. The maximum absolute atomic E-state index is 13.9. The van der Waals surface area contributed by atoms with Crippen molar-refractivity contribution in [1.82, 2.24) is 24.8 Å². The van der Waals surface area contributed by atoms with Crippen LogP contribution >= 0.6 is 11.6 Å². The molecule has 10 heteroatoms. The molecule has 0 aliphatic carbocycles. The molecule has 1 aliphatic heterocycles. The van der Waals surface area contributed by atoms with Gasteiger partial charge in [-0.05, 0) is 65.8 Å². The van der Waals surface area contributed by atoms with Gasteiger partial charge in [-0.25, -0.2) is 4.98 Å². The Morgan fingerprint density at radius 3 is 2.62 bits per heavy atom. The summed E-state index contributed by atoms with van der Waals surface area (Å²) in [6.45, 7) is 1.88. The maximum Gasteiger partial charge on any atom is 0.254 e. The number of carbonyl (C=O) groups excluding carboxylic acids is 1. The van der Waals surface area contributed by atoms with Gasteiger partial charge in [-0.2, -0.15) is 0 Å². The summed E-state index contributed by atoms with van der Waals surface area (Å²) in [6, 6.07) is 18.6. The molecule has 0 fully saturated rings. The van der Waals surface area contributed by atoms with E-state index in [4.69, 9.17) is 22.3 Å². The molecule has 1 amide bonds. The van der Waals surface area contributed by atoms with Gasteiger partial charge in [0.15, 0.2) is 0 Å². The van der Waals surface area contributed by atoms with Crippen molar-refractivity contribution < 1.29 is 4.79 Å². The smallest absolute Gasteiger partial charge is 0.254 e. The third-order valence-electron chi connectivity index (χ3n) is 8.24. The van der Waals surface area contributed by atoms with E-state index >= 15 is 0 Å². The van der Waals surface area contributed by atoms with Crippen molar-refractivity contribution in [3.63, 3.8) is 0 Å². The van der Waals surface area contributed by atoms with Gasteiger partial charge in [0.05, 0.1) is 35.2 Å². The van der Waals surface area contributed by atoms with E-state index in [9.17, 15) is 9.59 Å². The van der Waals surface area contributed by atoms with Crippen molar-refractivity contribution in [2.24, 2.45) is 16.6 Å². The van der Waals surface area contributed by atoms with E-state index in [-0.39, 0.29) is 17.4 Å². The topological polar surface area (TPSA) is 128 Å². The molecule has 226 valence electrons. The number of benzene rings is 2. The van der Waals surface area contributed by atoms with E-state index in [0.717, 1.165) is 33.0 Å². The number of aromatic nitrogens is 4. The van der Waals surface area contributed by atoms with E-state index in [0.29, 0.717) is 47.1 Å². The van der Waals surface area contributed by atoms with Gasteiger partial charge in [0.25, 0.3) is 5.56 Å². The second-order valence-electron chi connectivity index (χ2n) is 11.1. The molecule has 0 radical (unpaired) electrons. The van der Waals surface area contributed by atoms with Crippen LogP contribution in [0.3, 0.4) is 0 Å². The fraction of sp³-hybridized carbons (Fsp3) is 0.200. The maximum atomic E-state index is 13.9. The Morgan fingerprint density at radius 1 is 0.956 bits per heavy atom. The summed E-state index contributed by atoms with van der Waals surface area (Å²) in [6.07, 6.45) is 10.1. The van der Waals surface area contributed by atoms with Gasteiger partial charge in [0.1, 0.15) is 0 Å². The Hall–Kier alpha value is -5.15. The summed E-state index contributed by atoms with van der Waals surface area (Å²) < 4.78 is 1.61. The Balaban J connectivity index is 1.42. The number of pyridine rings is 2. The quantitative estimate of drug-likeness (QED) is 0.259. The molecule has 3 N–H and O–H groups in total. The van der Waals surface area contributed by atoms with Crippen molar-refractivity contribution in [1.29, 1.82) is 0 Å². The Kier molecular flexibility index (Phi) is 8.53. The SMILES string of the molecule is CN=C1C(=CN)NC(=O)C(C)CCCC(n2cnc(-c3cc(Cl)ccc3-c3ccc4ccncc4c3)cc2=O)c2cc1ccn2. The lowest BCUT2D eigenvalue weighted by Gasteiger charge is -2.23. The predicted molar refractivity (Wildman–Crippen MR) is 178 cm³/mol. The second kappa shape index (κ2) is 12.8. The Labute approximate surface area is 265 Å². The van der Waals surface area contributed by atoms with Crippen LogP contribution in [0.5, 0.6) is 0 Å². The molecule has 2 bridgehead atoms. The van der Waals surface area contributed by atoms with Crippen LogP contribution in [0.2, 0.25) is 5.02 Å². The zero-order valence-corrected chi connectivity index (χ0v) is 25.7. The first-order chi connectivity index (χ1) is 21.9. The number of hydrogen-bond donors (Lipinski definition) is 2. The lowest BCUT2D eigenvalue weighted by atomic mass is 9.95. The van der Waals surface area contributed by atoms with Crippen molar-refractivity contribution in [2.75, 3.05) is 7.05 Å². The number of carbonyl (C=O) groups is 1. The van der Waals surface area contributed by atoms with Crippen molar-refractivity contribution >= 4 is 34.0 Å². The summed E-state index contributed by atoms with van der Waals surface area (Å²) in [5, 5.41) is 5.55. The van der Waals surface area contributed by atoms with E-state index in [1.165, 1.54) is 6.20 Å². The average Bonchev–Trinajstić information content (AvgIpc) is 3.06. The molecule has 2 atom stereocenters. The number of hydrogen-bond acceptors (Lipinski definition) is 7. The highest BCUT2D eigenvalue weighted by atomic mass is 35.5. The van der Waals surface area contributed by atoms with Gasteiger partial charge in [-0.1, -0.05) is 43.1 Å². The van der Waals surface area contributed by atoms with Crippen molar-refractivity contribution in [3.8, 4) is 22.4 Å². The molecule has 2 aromatic carbocycles. The lowest BCUT2D eigenvalue weighted by Crippen LogP contribution is -2.33. The molecule has 0 spiro atoms. The van der Waals surface area contributed by atoms with Crippen LogP contribution in [0.15, 0.2) is 107 Å². The standard InChI is InChI=1S/C35H32ClN7O2/c1-21-4-3-5-32(30-15-24(11-13-40-30)34(38-2)31(18-37)42-35(21)45)43-20-41-29(17-33(43)44)28-16-26(36)8-9-27(28)23-7-6-22-10-12-39-19-25(22)14-23/h6-21,32H,3-5,37H2,1-2H3,(H,42,45). The van der Waals surface area contributed by atoms with Crippen LogP contribution in [-0.2, 0) is 4.79 Å². The van der Waals surface area contributed by atoms with Gasteiger partial charge in [0, 0.05) is 65.4 Å². The number of allylic oxidation sites excluding steroid dienone is 1. The van der Waals surface area contributed by atoms with E-state index in [1.54, 1.807) is 42.5 Å². The summed E-state index contributed by atoms with van der Waals surface area (Å²) in [5.74, 6) is -0.406. The van der Waals surface area contributed by atoms with Gasteiger partial charge in [-0.3, -0.25) is 29.1 Å². The molecule has 0 saturated heterocycles. The third-order valence-corrected chi connectivity index (χ3v) is 8.48. The number of fused-ring (bicyclic) bond motifs is 3. The number of nitrogens with zero attached hydrogens (tertiary/aromatic N) is 5. The number of nitrogens with one attached hydrogen (secondary N) is 1. The number of aliphatic imine (C=N–C) groups is 1. The highest BCUT2D eigenvalue weighted by Gasteiger charge is 2.24. The fourth-order valence-electron chi connectivity index (χ4n) is 5.82. The molecule has 2 unspecified atom stereocenters. The summed E-state index contributed by atoms with van der Waals surface area (Å²) in [7, 11) is 1.64. The van der Waals surface area contributed by atoms with Crippen molar-refractivity contribution in [3.05, 3.63) is 124 Å². The summed E-state index contributed by atoms with van der Waals surface area (Å²) in [5.41, 5.74) is 11.2. The second-order valence-corrected chi connectivity index (χ2v) is 11.5. The number of nitrogens with two attached hydrogens (primary N) is 1. The molecule has 5 aromatic rings.